The number of anilines is 1. The standard InChI is InChI=1S/C20H29N3O2/c1-4-21-11-5-10-20(3,15-21)19(25)22-12-13-23(18(24)14-22)17-8-6-16(2)7-9-17/h6-9H,4-5,10-15H2,1-3H3. The number of amides is 2. The number of benzene rings is 1. The lowest BCUT2D eigenvalue weighted by Crippen LogP contribution is -2.58. The van der Waals surface area contributed by atoms with E-state index in [0.29, 0.717) is 13.1 Å². The van der Waals surface area contributed by atoms with Gasteiger partial charge in [-0.05, 0) is 51.9 Å². The van der Waals surface area contributed by atoms with Gasteiger partial charge >= 0.3 is 0 Å². The first-order chi connectivity index (χ1) is 11.9. The highest BCUT2D eigenvalue weighted by molar-refractivity contribution is 5.98. The summed E-state index contributed by atoms with van der Waals surface area (Å²) in [7, 11) is 0. The molecule has 0 spiro atoms. The van der Waals surface area contributed by atoms with Gasteiger partial charge < -0.3 is 14.7 Å². The lowest BCUT2D eigenvalue weighted by molar-refractivity contribution is -0.147. The van der Waals surface area contributed by atoms with Crippen LogP contribution in [0.5, 0.6) is 0 Å². The van der Waals surface area contributed by atoms with Crippen LogP contribution in [0.15, 0.2) is 24.3 Å². The molecule has 0 aromatic heterocycles. The van der Waals surface area contributed by atoms with Gasteiger partial charge in [0, 0.05) is 25.3 Å². The minimum absolute atomic E-state index is 0.00945. The molecule has 0 saturated carbocycles. The van der Waals surface area contributed by atoms with E-state index in [4.69, 9.17) is 0 Å². The van der Waals surface area contributed by atoms with Crippen molar-refractivity contribution in [1.29, 1.82) is 0 Å². The van der Waals surface area contributed by atoms with Crippen molar-refractivity contribution in [1.82, 2.24) is 9.80 Å². The van der Waals surface area contributed by atoms with E-state index in [-0.39, 0.29) is 23.8 Å². The molecule has 2 amide bonds. The van der Waals surface area contributed by atoms with Gasteiger partial charge in [-0.2, -0.15) is 0 Å². The van der Waals surface area contributed by atoms with Gasteiger partial charge in [0.15, 0.2) is 0 Å². The van der Waals surface area contributed by atoms with Crippen LogP contribution in [0.2, 0.25) is 0 Å². The van der Waals surface area contributed by atoms with E-state index in [0.717, 1.165) is 38.2 Å². The number of hydrogen-bond acceptors (Lipinski definition) is 3. The van der Waals surface area contributed by atoms with Crippen LogP contribution in [-0.4, -0.2) is 60.9 Å². The second-order valence-corrected chi connectivity index (χ2v) is 7.64. The summed E-state index contributed by atoms with van der Waals surface area (Å²) < 4.78 is 0. The second-order valence-electron chi connectivity index (χ2n) is 7.64. The zero-order chi connectivity index (χ0) is 18.0. The molecule has 1 atom stereocenters. The number of rotatable bonds is 3. The van der Waals surface area contributed by atoms with Crippen molar-refractivity contribution in [2.45, 2.75) is 33.6 Å². The predicted molar refractivity (Wildman–Crippen MR) is 99.6 cm³/mol. The molecular weight excluding hydrogens is 314 g/mol. The molecule has 0 bridgehead atoms. The average Bonchev–Trinajstić information content (AvgIpc) is 2.62. The van der Waals surface area contributed by atoms with E-state index in [9.17, 15) is 9.59 Å². The molecule has 2 fully saturated rings. The minimum atomic E-state index is -0.361. The summed E-state index contributed by atoms with van der Waals surface area (Å²) in [6.07, 6.45) is 1.96. The van der Waals surface area contributed by atoms with Gasteiger partial charge in [-0.15, -0.1) is 0 Å². The third-order valence-corrected chi connectivity index (χ3v) is 5.59. The summed E-state index contributed by atoms with van der Waals surface area (Å²) in [6.45, 7) is 10.5. The molecule has 2 aliphatic heterocycles. The van der Waals surface area contributed by atoms with Crippen LogP contribution in [0.25, 0.3) is 0 Å². The number of piperidine rings is 1. The average molecular weight is 343 g/mol. The van der Waals surface area contributed by atoms with Crippen LogP contribution >= 0.6 is 0 Å². The molecule has 0 radical (unpaired) electrons. The van der Waals surface area contributed by atoms with Crippen molar-refractivity contribution in [3.8, 4) is 0 Å². The summed E-state index contributed by atoms with van der Waals surface area (Å²) in [5.41, 5.74) is 1.74. The van der Waals surface area contributed by atoms with Crippen LogP contribution in [0.3, 0.4) is 0 Å². The second kappa shape index (κ2) is 7.16. The van der Waals surface area contributed by atoms with Gasteiger partial charge in [0.25, 0.3) is 0 Å². The lowest BCUT2D eigenvalue weighted by Gasteiger charge is -2.43. The van der Waals surface area contributed by atoms with Crippen molar-refractivity contribution >= 4 is 17.5 Å². The maximum absolute atomic E-state index is 13.1. The molecule has 136 valence electrons. The smallest absolute Gasteiger partial charge is 0.246 e. The fourth-order valence-electron chi connectivity index (χ4n) is 4.01. The summed E-state index contributed by atoms with van der Waals surface area (Å²) in [6, 6.07) is 7.99. The fraction of sp³-hybridized carbons (Fsp3) is 0.600. The molecule has 0 aliphatic carbocycles. The zero-order valence-electron chi connectivity index (χ0n) is 15.6. The topological polar surface area (TPSA) is 43.9 Å². The van der Waals surface area contributed by atoms with E-state index in [1.54, 1.807) is 9.80 Å². The van der Waals surface area contributed by atoms with E-state index in [1.165, 1.54) is 5.56 Å². The first-order valence-electron chi connectivity index (χ1n) is 9.32. The van der Waals surface area contributed by atoms with Crippen molar-refractivity contribution in [3.63, 3.8) is 0 Å². The van der Waals surface area contributed by atoms with Crippen molar-refractivity contribution < 1.29 is 9.59 Å². The predicted octanol–water partition coefficient (Wildman–Crippen LogP) is 2.29. The third kappa shape index (κ3) is 3.71. The molecule has 1 aromatic carbocycles. The van der Waals surface area contributed by atoms with Crippen LogP contribution in [0.1, 0.15) is 32.3 Å². The van der Waals surface area contributed by atoms with Crippen LogP contribution in [-0.2, 0) is 9.59 Å². The SMILES string of the molecule is CCN1CCCC(C)(C(=O)N2CCN(c3ccc(C)cc3)C(=O)C2)C1. The minimum Gasteiger partial charge on any atom is -0.331 e. The molecular formula is C20H29N3O2. The first-order valence-corrected chi connectivity index (χ1v) is 9.32. The number of hydrogen-bond donors (Lipinski definition) is 0. The van der Waals surface area contributed by atoms with E-state index in [1.807, 2.05) is 31.2 Å². The fourth-order valence-corrected chi connectivity index (χ4v) is 4.01. The Bertz CT molecular complexity index is 643. The van der Waals surface area contributed by atoms with Gasteiger partial charge in [0.1, 0.15) is 6.54 Å². The molecule has 1 unspecified atom stereocenters. The molecule has 5 heteroatoms. The number of carbonyl (C=O) groups excluding carboxylic acids is 2. The Kier molecular flexibility index (Phi) is 5.13. The molecule has 1 aromatic rings. The number of piperazine rings is 1. The molecule has 2 heterocycles. The Morgan fingerprint density at radius 3 is 2.52 bits per heavy atom. The van der Waals surface area contributed by atoms with Gasteiger partial charge in [-0.25, -0.2) is 0 Å². The molecule has 0 N–H and O–H groups in total. The third-order valence-electron chi connectivity index (χ3n) is 5.59. The Morgan fingerprint density at radius 1 is 1.16 bits per heavy atom. The zero-order valence-corrected chi connectivity index (χ0v) is 15.6. The summed E-state index contributed by atoms with van der Waals surface area (Å²) in [4.78, 5) is 31.6. The first kappa shape index (κ1) is 17.9. The van der Waals surface area contributed by atoms with Gasteiger partial charge in [0.05, 0.1) is 5.41 Å². The van der Waals surface area contributed by atoms with Gasteiger partial charge in [-0.3, -0.25) is 9.59 Å². The van der Waals surface area contributed by atoms with E-state index >= 15 is 0 Å². The molecule has 5 nitrogen and oxygen atoms in total. The maximum Gasteiger partial charge on any atom is 0.246 e. The van der Waals surface area contributed by atoms with Crippen LogP contribution < -0.4 is 4.90 Å². The lowest BCUT2D eigenvalue weighted by atomic mass is 9.80. The summed E-state index contributed by atoms with van der Waals surface area (Å²) in [5, 5.41) is 0. The van der Waals surface area contributed by atoms with Gasteiger partial charge in [-0.1, -0.05) is 24.6 Å². The van der Waals surface area contributed by atoms with Crippen LogP contribution in [0.4, 0.5) is 5.69 Å². The normalized spacial score (nSPS) is 25.3. The Morgan fingerprint density at radius 2 is 1.88 bits per heavy atom. The summed E-state index contributed by atoms with van der Waals surface area (Å²) >= 11 is 0. The maximum atomic E-state index is 13.1. The Balaban J connectivity index is 1.67. The number of likely N-dealkylation sites (tertiary alicyclic amines) is 1. The highest BCUT2D eigenvalue weighted by Gasteiger charge is 2.41. The van der Waals surface area contributed by atoms with Crippen molar-refractivity contribution in [2.24, 2.45) is 5.41 Å². The Hall–Kier alpha value is -1.88. The van der Waals surface area contributed by atoms with Crippen molar-refractivity contribution in [3.05, 3.63) is 29.8 Å². The highest BCUT2D eigenvalue weighted by Crippen LogP contribution is 2.32. The molecule has 2 saturated heterocycles. The molecule has 25 heavy (non-hydrogen) atoms. The van der Waals surface area contributed by atoms with Gasteiger partial charge in [0.2, 0.25) is 11.8 Å². The Labute approximate surface area is 150 Å². The molecule has 2 aliphatic rings. The monoisotopic (exact) mass is 343 g/mol. The molecule has 3 rings (SSSR count). The van der Waals surface area contributed by atoms with Crippen LogP contribution in [0, 0.1) is 12.3 Å². The largest absolute Gasteiger partial charge is 0.331 e. The van der Waals surface area contributed by atoms with E-state index < -0.39 is 0 Å². The number of carbonyl (C=O) groups is 2. The highest BCUT2D eigenvalue weighted by atomic mass is 16.2. The van der Waals surface area contributed by atoms with Crippen molar-refractivity contribution in [2.75, 3.05) is 44.2 Å². The quantitative estimate of drug-likeness (QED) is 0.846. The van der Waals surface area contributed by atoms with E-state index in [2.05, 4.69) is 18.7 Å². The number of aryl methyl sites for hydroxylation is 1. The summed E-state index contributed by atoms with van der Waals surface area (Å²) in [5.74, 6) is 0.151. The number of nitrogens with zero attached hydrogens (tertiary/aromatic N) is 3.